The van der Waals surface area contributed by atoms with E-state index in [2.05, 4.69) is 10.3 Å². The molecule has 0 bridgehead atoms. The van der Waals surface area contributed by atoms with E-state index in [1.807, 2.05) is 6.92 Å². The molecule has 0 saturated carbocycles. The molecule has 1 aromatic rings. The van der Waals surface area contributed by atoms with Crippen LogP contribution in [0.4, 0.5) is 0 Å². The number of nitrogens with one attached hydrogen (secondary N) is 1. The molecule has 0 aliphatic heterocycles. The highest BCUT2D eigenvalue weighted by atomic mass is 32.1. The summed E-state index contributed by atoms with van der Waals surface area (Å²) in [4.78, 5) is 15.5. The van der Waals surface area contributed by atoms with E-state index in [-0.39, 0.29) is 10.9 Å². The third kappa shape index (κ3) is 3.32. The summed E-state index contributed by atoms with van der Waals surface area (Å²) in [5.74, 6) is 0.564. The quantitative estimate of drug-likeness (QED) is 0.695. The number of nitrogens with two attached hydrogens (primary N) is 1. The van der Waals surface area contributed by atoms with Crippen LogP contribution in [0.1, 0.15) is 19.2 Å². The molecule has 0 aromatic carbocycles. The number of amides is 1. The van der Waals surface area contributed by atoms with Crippen molar-refractivity contribution in [3.05, 3.63) is 18.2 Å². The normalized spacial score (nSPS) is 9.93. The lowest BCUT2D eigenvalue weighted by atomic mass is 10.4. The fourth-order valence-electron chi connectivity index (χ4n) is 1.22. The van der Waals surface area contributed by atoms with Gasteiger partial charge in [-0.3, -0.25) is 4.79 Å². The Morgan fingerprint density at radius 3 is 3.07 bits per heavy atom. The van der Waals surface area contributed by atoms with Gasteiger partial charge in [0.05, 0.1) is 0 Å². The smallest absolute Gasteiger partial charge is 0.221 e. The zero-order valence-corrected chi connectivity index (χ0v) is 9.38. The maximum absolute atomic E-state index is 11.2. The highest BCUT2D eigenvalue weighted by Crippen LogP contribution is 1.99. The average molecular weight is 226 g/mol. The number of carbonyl (C=O) groups excluding carboxylic acids is 1. The number of hydrogen-bond donors (Lipinski definition) is 2. The van der Waals surface area contributed by atoms with Crippen LogP contribution in [0.3, 0.4) is 0 Å². The van der Waals surface area contributed by atoms with Crippen LogP contribution in [-0.4, -0.2) is 27.0 Å². The Kier molecular flexibility index (Phi) is 4.23. The van der Waals surface area contributed by atoms with Crippen LogP contribution >= 0.6 is 12.2 Å². The molecule has 1 rings (SSSR count). The van der Waals surface area contributed by atoms with E-state index in [4.69, 9.17) is 18.0 Å². The first-order valence-electron chi connectivity index (χ1n) is 4.72. The Bertz CT molecular complexity index is 361. The van der Waals surface area contributed by atoms with Crippen LogP contribution in [0.2, 0.25) is 0 Å². The van der Waals surface area contributed by atoms with Crippen molar-refractivity contribution in [3.63, 3.8) is 0 Å². The van der Waals surface area contributed by atoms with Crippen LogP contribution in [0.5, 0.6) is 0 Å². The molecular weight excluding hydrogens is 212 g/mol. The summed E-state index contributed by atoms with van der Waals surface area (Å²) < 4.78 is 1.78. The third-order valence-corrected chi connectivity index (χ3v) is 2.07. The minimum Gasteiger partial charge on any atom is -0.387 e. The summed E-state index contributed by atoms with van der Waals surface area (Å²) in [6, 6.07) is 0. The molecule has 1 heterocycles. The maximum atomic E-state index is 11.2. The number of thiocarbonyl (C=S) groups is 1. The number of nitrogens with zero attached hydrogens (tertiary/aromatic N) is 2. The van der Waals surface area contributed by atoms with E-state index < -0.39 is 0 Å². The van der Waals surface area contributed by atoms with Crippen LogP contribution < -0.4 is 11.1 Å². The minimum atomic E-state index is 0.0140. The van der Waals surface area contributed by atoms with Crippen molar-refractivity contribution in [2.24, 2.45) is 5.73 Å². The van der Waals surface area contributed by atoms with Gasteiger partial charge < -0.3 is 15.6 Å². The minimum absolute atomic E-state index is 0.0140. The van der Waals surface area contributed by atoms with Gasteiger partial charge in [0, 0.05) is 31.9 Å². The van der Waals surface area contributed by atoms with Crippen LogP contribution in [-0.2, 0) is 11.3 Å². The second-order valence-corrected chi connectivity index (χ2v) is 3.45. The predicted octanol–water partition coefficient (Wildman–Crippen LogP) is 0.0435. The summed E-state index contributed by atoms with van der Waals surface area (Å²) in [6.45, 7) is 3.07. The van der Waals surface area contributed by atoms with Crippen molar-refractivity contribution in [1.82, 2.24) is 14.9 Å². The highest BCUT2D eigenvalue weighted by molar-refractivity contribution is 7.80. The zero-order chi connectivity index (χ0) is 11.3. The van der Waals surface area contributed by atoms with Crippen molar-refractivity contribution >= 4 is 23.1 Å². The van der Waals surface area contributed by atoms with E-state index in [1.54, 1.807) is 17.0 Å². The monoisotopic (exact) mass is 226 g/mol. The lowest BCUT2D eigenvalue weighted by Crippen LogP contribution is -2.25. The first kappa shape index (κ1) is 11.6. The van der Waals surface area contributed by atoms with Gasteiger partial charge in [0.2, 0.25) is 5.91 Å². The van der Waals surface area contributed by atoms with Crippen molar-refractivity contribution in [3.8, 4) is 0 Å². The zero-order valence-electron chi connectivity index (χ0n) is 8.56. The Morgan fingerprint density at radius 2 is 2.47 bits per heavy atom. The number of aryl methyl sites for hydroxylation is 1. The van der Waals surface area contributed by atoms with Crippen molar-refractivity contribution in [1.29, 1.82) is 0 Å². The molecule has 1 amide bonds. The van der Waals surface area contributed by atoms with Crippen LogP contribution in [0.25, 0.3) is 0 Å². The van der Waals surface area contributed by atoms with E-state index in [1.165, 1.54) is 0 Å². The van der Waals surface area contributed by atoms with Gasteiger partial charge in [-0.1, -0.05) is 12.2 Å². The molecule has 5 nitrogen and oxygen atoms in total. The van der Waals surface area contributed by atoms with Gasteiger partial charge in [-0.25, -0.2) is 4.98 Å². The van der Waals surface area contributed by atoms with Gasteiger partial charge in [0.1, 0.15) is 4.99 Å². The summed E-state index contributed by atoms with van der Waals surface area (Å²) in [5.41, 5.74) is 5.47. The molecule has 0 aliphatic carbocycles. The molecule has 0 aliphatic rings. The molecule has 0 radical (unpaired) electrons. The molecule has 0 spiro atoms. The maximum Gasteiger partial charge on any atom is 0.221 e. The Labute approximate surface area is 93.7 Å². The van der Waals surface area contributed by atoms with Gasteiger partial charge in [0.25, 0.3) is 0 Å². The van der Waals surface area contributed by atoms with E-state index in [0.29, 0.717) is 25.3 Å². The average Bonchev–Trinajstić information content (AvgIpc) is 2.63. The van der Waals surface area contributed by atoms with Gasteiger partial charge >= 0.3 is 0 Å². The molecule has 6 heteroatoms. The van der Waals surface area contributed by atoms with E-state index >= 15 is 0 Å². The lowest BCUT2D eigenvalue weighted by Gasteiger charge is -2.06. The number of hydrogen-bond acceptors (Lipinski definition) is 3. The van der Waals surface area contributed by atoms with Crippen LogP contribution in [0.15, 0.2) is 12.4 Å². The second-order valence-electron chi connectivity index (χ2n) is 3.01. The molecule has 82 valence electrons. The summed E-state index contributed by atoms with van der Waals surface area (Å²) in [7, 11) is 0. The predicted molar refractivity (Wildman–Crippen MR) is 61.4 cm³/mol. The number of aromatic nitrogens is 2. The standard InChI is InChI=1S/C9H14N4OS/c1-2-11-7(14)3-5-13-6-4-12-9(13)8(10)15/h4,6H,2-3,5H2,1H3,(H2,10,15)(H,11,14). The second kappa shape index (κ2) is 5.45. The van der Waals surface area contributed by atoms with E-state index in [0.717, 1.165) is 0 Å². The van der Waals surface area contributed by atoms with Crippen molar-refractivity contribution < 1.29 is 4.79 Å². The molecule has 0 unspecified atom stereocenters. The van der Waals surface area contributed by atoms with Gasteiger partial charge in [-0.05, 0) is 6.92 Å². The highest BCUT2D eigenvalue weighted by Gasteiger charge is 2.06. The third-order valence-electron chi connectivity index (χ3n) is 1.89. The summed E-state index contributed by atoms with van der Waals surface area (Å²) >= 11 is 4.83. The molecule has 0 saturated heterocycles. The van der Waals surface area contributed by atoms with E-state index in [9.17, 15) is 4.79 Å². The summed E-state index contributed by atoms with van der Waals surface area (Å²) in [5, 5.41) is 2.72. The molecule has 1 aromatic heterocycles. The Hall–Kier alpha value is -1.43. The van der Waals surface area contributed by atoms with Gasteiger partial charge in [-0.2, -0.15) is 0 Å². The molecular formula is C9H14N4OS. The van der Waals surface area contributed by atoms with Gasteiger partial charge in [0.15, 0.2) is 5.82 Å². The van der Waals surface area contributed by atoms with Gasteiger partial charge in [-0.15, -0.1) is 0 Å². The first-order chi connectivity index (χ1) is 7.15. The topological polar surface area (TPSA) is 72.9 Å². The number of imidazole rings is 1. The number of carbonyl (C=O) groups is 1. The van der Waals surface area contributed by atoms with Crippen molar-refractivity contribution in [2.45, 2.75) is 19.9 Å². The Balaban J connectivity index is 2.54. The van der Waals surface area contributed by atoms with Crippen LogP contribution in [0, 0.1) is 0 Å². The summed E-state index contributed by atoms with van der Waals surface area (Å²) in [6.07, 6.45) is 3.78. The fourth-order valence-corrected chi connectivity index (χ4v) is 1.39. The lowest BCUT2D eigenvalue weighted by molar-refractivity contribution is -0.121. The molecule has 15 heavy (non-hydrogen) atoms. The largest absolute Gasteiger partial charge is 0.387 e. The number of rotatable bonds is 5. The SMILES string of the molecule is CCNC(=O)CCn1ccnc1C(N)=S. The first-order valence-corrected chi connectivity index (χ1v) is 5.13. The van der Waals surface area contributed by atoms with Crippen molar-refractivity contribution in [2.75, 3.05) is 6.54 Å². The molecule has 3 N–H and O–H groups in total. The Morgan fingerprint density at radius 1 is 1.73 bits per heavy atom. The molecule has 0 atom stereocenters. The molecule has 0 fully saturated rings. The fraction of sp³-hybridized carbons (Fsp3) is 0.444.